The second kappa shape index (κ2) is 10.6. The van der Waals surface area contributed by atoms with E-state index < -0.39 is 23.7 Å². The Morgan fingerprint density at radius 2 is 2.18 bits per heavy atom. The number of halogens is 2. The lowest BCUT2D eigenvalue weighted by Gasteiger charge is -2.24. The molecule has 1 aromatic rings. The first-order valence-corrected chi connectivity index (χ1v) is 12.3. The van der Waals surface area contributed by atoms with Crippen molar-refractivity contribution in [2.24, 2.45) is 11.8 Å². The van der Waals surface area contributed by atoms with Gasteiger partial charge in [-0.25, -0.2) is 13.8 Å². The molecule has 0 radical (unpaired) electrons. The number of allylic oxidation sites excluding steroid dienone is 6. The van der Waals surface area contributed by atoms with Crippen LogP contribution in [0.25, 0.3) is 0 Å². The van der Waals surface area contributed by atoms with E-state index in [4.69, 9.17) is 5.73 Å². The lowest BCUT2D eigenvalue weighted by molar-refractivity contribution is -0.123. The Morgan fingerprint density at radius 1 is 1.35 bits per heavy atom. The molecule has 0 aromatic carbocycles. The van der Waals surface area contributed by atoms with Crippen molar-refractivity contribution in [1.29, 1.82) is 0 Å². The molecule has 4 rings (SSSR count). The van der Waals surface area contributed by atoms with Crippen molar-refractivity contribution in [1.82, 2.24) is 15.2 Å². The zero-order valence-electron chi connectivity index (χ0n) is 19.0. The molecule has 2 heterocycles. The summed E-state index contributed by atoms with van der Waals surface area (Å²) in [7, 11) is 0. The second-order valence-corrected chi connectivity index (χ2v) is 9.61. The zero-order valence-corrected chi connectivity index (χ0v) is 19.8. The van der Waals surface area contributed by atoms with E-state index in [0.29, 0.717) is 29.8 Å². The van der Waals surface area contributed by atoms with Crippen LogP contribution >= 0.6 is 11.3 Å². The molecule has 0 spiro atoms. The standard InChI is InChI=1S/C24H29F2N5O2S/c1-2-31-12-4-5-16(31)13-28-23(33)14-8-10-15(11-9-14)29-24-30-22(27)21(34-24)20(32)19-17(25)6-3-7-18(19)26/h3,6-8,10-11,14,16-17,19H,2,4-5,9,12-13,27H2,1H3,(H,28,33)(H,29,30)/t14?,16-,17?,19?/m0/s1. The number of hydrogen-bond donors (Lipinski definition) is 3. The Kier molecular flexibility index (Phi) is 7.57. The summed E-state index contributed by atoms with van der Waals surface area (Å²) in [6.45, 7) is 4.88. The SMILES string of the molecule is CCN1CCC[C@H]1CNC(=O)C1C=CC(Nc2nc(N)c(C(=O)C3C(F)=CC=CC3F)s2)=CC1. The number of nitrogens with one attached hydrogen (secondary N) is 2. The number of amides is 1. The molecule has 1 aromatic heterocycles. The van der Waals surface area contributed by atoms with E-state index in [-0.39, 0.29) is 22.5 Å². The number of aromatic nitrogens is 1. The quantitative estimate of drug-likeness (QED) is 0.481. The topological polar surface area (TPSA) is 100 Å². The lowest BCUT2D eigenvalue weighted by Crippen LogP contribution is -2.41. The molecular weight excluding hydrogens is 460 g/mol. The van der Waals surface area contributed by atoms with Crippen LogP contribution in [0.3, 0.4) is 0 Å². The monoisotopic (exact) mass is 489 g/mol. The molecule has 1 aliphatic heterocycles. The van der Waals surface area contributed by atoms with Crippen LogP contribution in [-0.4, -0.2) is 53.4 Å². The van der Waals surface area contributed by atoms with E-state index >= 15 is 0 Å². The number of nitrogens with two attached hydrogens (primary N) is 1. The molecular formula is C24H29F2N5O2S. The predicted octanol–water partition coefficient (Wildman–Crippen LogP) is 3.76. The highest BCUT2D eigenvalue weighted by atomic mass is 32.1. The third kappa shape index (κ3) is 5.28. The Hall–Kier alpha value is -2.85. The Balaban J connectivity index is 1.32. The van der Waals surface area contributed by atoms with Crippen LogP contribution in [0.15, 0.2) is 48.0 Å². The van der Waals surface area contributed by atoms with Gasteiger partial charge in [0, 0.05) is 18.3 Å². The molecule has 4 atom stereocenters. The number of likely N-dealkylation sites (tertiary alicyclic amines) is 1. The molecule has 34 heavy (non-hydrogen) atoms. The summed E-state index contributed by atoms with van der Waals surface area (Å²) in [5, 5.41) is 6.47. The number of likely N-dealkylation sites (N-methyl/N-ethyl adjacent to an activating group) is 1. The predicted molar refractivity (Wildman–Crippen MR) is 130 cm³/mol. The van der Waals surface area contributed by atoms with Gasteiger partial charge >= 0.3 is 0 Å². The number of rotatable bonds is 8. The van der Waals surface area contributed by atoms with Crippen LogP contribution in [0.2, 0.25) is 0 Å². The third-order valence-electron chi connectivity index (χ3n) is 6.43. The summed E-state index contributed by atoms with van der Waals surface area (Å²) >= 11 is 0.951. The second-order valence-electron chi connectivity index (χ2n) is 8.61. The van der Waals surface area contributed by atoms with Crippen LogP contribution in [0, 0.1) is 11.8 Å². The highest BCUT2D eigenvalue weighted by Crippen LogP contribution is 2.34. The van der Waals surface area contributed by atoms with E-state index in [0.717, 1.165) is 43.0 Å². The molecule has 10 heteroatoms. The fourth-order valence-corrected chi connectivity index (χ4v) is 5.40. The molecule has 7 nitrogen and oxygen atoms in total. The summed E-state index contributed by atoms with van der Waals surface area (Å²) in [5.41, 5.74) is 6.58. The molecule has 1 saturated heterocycles. The maximum Gasteiger partial charge on any atom is 0.227 e. The van der Waals surface area contributed by atoms with Crippen molar-refractivity contribution in [2.45, 2.75) is 38.4 Å². The van der Waals surface area contributed by atoms with Gasteiger partial charge in [-0.2, -0.15) is 0 Å². The molecule has 2 aliphatic carbocycles. The number of ketones is 1. The van der Waals surface area contributed by atoms with Crippen LogP contribution < -0.4 is 16.4 Å². The number of nitrogens with zero attached hydrogens (tertiary/aromatic N) is 2. The number of hydrogen-bond acceptors (Lipinski definition) is 7. The largest absolute Gasteiger partial charge is 0.382 e. The lowest BCUT2D eigenvalue weighted by atomic mass is 9.92. The number of thiazole rings is 1. The molecule has 0 bridgehead atoms. The van der Waals surface area contributed by atoms with E-state index in [1.165, 1.54) is 12.5 Å². The molecule has 1 fully saturated rings. The third-order valence-corrected chi connectivity index (χ3v) is 7.43. The smallest absolute Gasteiger partial charge is 0.227 e. The van der Waals surface area contributed by atoms with Gasteiger partial charge in [-0.15, -0.1) is 0 Å². The number of anilines is 2. The Bertz CT molecular complexity index is 1060. The summed E-state index contributed by atoms with van der Waals surface area (Å²) in [6.07, 6.45) is 10.0. The van der Waals surface area contributed by atoms with E-state index in [2.05, 4.69) is 27.4 Å². The highest BCUT2D eigenvalue weighted by molar-refractivity contribution is 7.18. The molecule has 0 saturated carbocycles. The van der Waals surface area contributed by atoms with Gasteiger partial charge in [0.25, 0.3) is 0 Å². The van der Waals surface area contributed by atoms with Crippen molar-refractivity contribution in [3.63, 3.8) is 0 Å². The number of carbonyl (C=O) groups excluding carboxylic acids is 2. The average Bonchev–Trinajstić information content (AvgIpc) is 3.43. The Morgan fingerprint density at radius 3 is 2.88 bits per heavy atom. The van der Waals surface area contributed by atoms with Gasteiger partial charge in [0.1, 0.15) is 28.6 Å². The van der Waals surface area contributed by atoms with Crippen LogP contribution in [0.5, 0.6) is 0 Å². The number of Topliss-reactive ketones (excluding diaryl/α,β-unsaturated/α-hetero) is 1. The van der Waals surface area contributed by atoms with Gasteiger partial charge in [-0.3, -0.25) is 14.5 Å². The molecule has 3 unspecified atom stereocenters. The minimum Gasteiger partial charge on any atom is -0.382 e. The number of nitrogen functional groups attached to an aromatic ring is 1. The maximum absolute atomic E-state index is 14.1. The van der Waals surface area contributed by atoms with Crippen LogP contribution in [0.1, 0.15) is 35.9 Å². The molecule has 4 N–H and O–H groups in total. The number of alkyl halides is 1. The van der Waals surface area contributed by atoms with Crippen molar-refractivity contribution >= 4 is 34.0 Å². The van der Waals surface area contributed by atoms with E-state index in [9.17, 15) is 18.4 Å². The Labute approximate surface area is 201 Å². The van der Waals surface area contributed by atoms with Gasteiger partial charge in [0.15, 0.2) is 10.9 Å². The van der Waals surface area contributed by atoms with Crippen molar-refractivity contribution < 1.29 is 18.4 Å². The summed E-state index contributed by atoms with van der Waals surface area (Å²) < 4.78 is 28.2. The zero-order chi connectivity index (χ0) is 24.2. The molecule has 3 aliphatic rings. The normalized spacial score (nSPS) is 26.8. The van der Waals surface area contributed by atoms with E-state index in [1.807, 2.05) is 12.2 Å². The fraction of sp³-hybridized carbons (Fsp3) is 0.458. The van der Waals surface area contributed by atoms with E-state index in [1.54, 1.807) is 6.08 Å². The minimum absolute atomic E-state index is 0.00160. The van der Waals surface area contributed by atoms with Gasteiger partial charge in [-0.1, -0.05) is 36.5 Å². The summed E-state index contributed by atoms with van der Waals surface area (Å²) in [6, 6.07) is 0.405. The maximum atomic E-state index is 14.1. The van der Waals surface area contributed by atoms with Crippen LogP contribution in [0.4, 0.5) is 19.7 Å². The van der Waals surface area contributed by atoms with Crippen LogP contribution in [-0.2, 0) is 4.79 Å². The van der Waals surface area contributed by atoms with Crippen molar-refractivity contribution in [3.05, 3.63) is 52.9 Å². The fourth-order valence-electron chi connectivity index (χ4n) is 4.52. The van der Waals surface area contributed by atoms with Crippen molar-refractivity contribution in [3.8, 4) is 0 Å². The first kappa shape index (κ1) is 24.3. The van der Waals surface area contributed by atoms with Gasteiger partial charge < -0.3 is 16.4 Å². The average molecular weight is 490 g/mol. The highest BCUT2D eigenvalue weighted by Gasteiger charge is 2.35. The van der Waals surface area contributed by atoms with Gasteiger partial charge in [0.05, 0.1) is 5.92 Å². The van der Waals surface area contributed by atoms with Gasteiger partial charge in [0.2, 0.25) is 5.91 Å². The summed E-state index contributed by atoms with van der Waals surface area (Å²) in [5.74, 6) is -3.43. The molecule has 182 valence electrons. The molecule has 1 amide bonds. The van der Waals surface area contributed by atoms with Crippen molar-refractivity contribution in [2.75, 3.05) is 30.7 Å². The minimum atomic E-state index is -1.75. The number of carbonyl (C=O) groups is 2. The first-order valence-electron chi connectivity index (χ1n) is 11.5. The summed E-state index contributed by atoms with van der Waals surface area (Å²) in [4.78, 5) is 31.8. The van der Waals surface area contributed by atoms with Gasteiger partial charge in [-0.05, 0) is 50.6 Å². The first-order chi connectivity index (χ1) is 16.4.